The third-order valence-corrected chi connectivity index (χ3v) is 3.72. The molecule has 0 aromatic heterocycles. The quantitative estimate of drug-likeness (QED) is 0.759. The first-order chi connectivity index (χ1) is 9.61. The standard InChI is InChI=1S/C14H26N2O4/c1-4-15-14(17)20-11-8-19-12-10(7-18-13(11)12)16-6-5-9(2)3/h9-13,16H,4-8H2,1-3H3,(H,15,17)/t10-,11+,12+,13+/m0/s1. The molecule has 0 aromatic carbocycles. The highest BCUT2D eigenvalue weighted by molar-refractivity contribution is 5.67. The Bertz CT molecular complexity index is 324. The Morgan fingerprint density at radius 2 is 2.05 bits per heavy atom. The van der Waals surface area contributed by atoms with Crippen LogP contribution in [0.4, 0.5) is 4.79 Å². The van der Waals surface area contributed by atoms with Gasteiger partial charge in [-0.2, -0.15) is 0 Å². The summed E-state index contributed by atoms with van der Waals surface area (Å²) in [7, 11) is 0. The van der Waals surface area contributed by atoms with Gasteiger partial charge >= 0.3 is 6.09 Å². The van der Waals surface area contributed by atoms with Gasteiger partial charge in [-0.1, -0.05) is 13.8 Å². The fraction of sp³-hybridized carbons (Fsp3) is 0.929. The summed E-state index contributed by atoms with van der Waals surface area (Å²) in [6.07, 6.45) is 0.271. The molecule has 0 saturated carbocycles. The molecule has 0 aromatic rings. The molecular weight excluding hydrogens is 260 g/mol. The van der Waals surface area contributed by atoms with Crippen molar-refractivity contribution in [1.29, 1.82) is 0 Å². The van der Waals surface area contributed by atoms with Gasteiger partial charge in [0.1, 0.15) is 12.2 Å². The van der Waals surface area contributed by atoms with Crippen LogP contribution in [0.15, 0.2) is 0 Å². The minimum absolute atomic E-state index is 0.0124. The molecule has 2 fully saturated rings. The first kappa shape index (κ1) is 15.5. The number of rotatable bonds is 6. The molecule has 2 aliphatic rings. The van der Waals surface area contributed by atoms with Gasteiger partial charge in [0.25, 0.3) is 0 Å². The lowest BCUT2D eigenvalue weighted by Crippen LogP contribution is -2.42. The molecule has 2 aliphatic heterocycles. The normalized spacial score (nSPS) is 32.4. The topological polar surface area (TPSA) is 68.8 Å². The van der Waals surface area contributed by atoms with E-state index in [4.69, 9.17) is 14.2 Å². The molecule has 20 heavy (non-hydrogen) atoms. The smallest absolute Gasteiger partial charge is 0.407 e. The third kappa shape index (κ3) is 3.84. The van der Waals surface area contributed by atoms with E-state index in [-0.39, 0.29) is 24.4 Å². The van der Waals surface area contributed by atoms with Crippen LogP contribution in [0.5, 0.6) is 0 Å². The number of carbonyl (C=O) groups is 1. The van der Waals surface area contributed by atoms with Crippen molar-refractivity contribution in [3.8, 4) is 0 Å². The van der Waals surface area contributed by atoms with Gasteiger partial charge in [-0.25, -0.2) is 4.79 Å². The molecule has 6 nitrogen and oxygen atoms in total. The fourth-order valence-electron chi connectivity index (χ4n) is 2.62. The molecule has 0 radical (unpaired) electrons. The summed E-state index contributed by atoms with van der Waals surface area (Å²) in [6.45, 7) is 8.81. The Morgan fingerprint density at radius 3 is 2.75 bits per heavy atom. The number of alkyl carbamates (subject to hydrolysis) is 1. The summed E-state index contributed by atoms with van der Waals surface area (Å²) < 4.78 is 16.8. The molecule has 2 heterocycles. The minimum atomic E-state index is -0.401. The molecule has 0 spiro atoms. The predicted octanol–water partition coefficient (Wildman–Crippen LogP) is 0.903. The van der Waals surface area contributed by atoms with Gasteiger partial charge in [0.2, 0.25) is 0 Å². The van der Waals surface area contributed by atoms with Crippen molar-refractivity contribution in [2.45, 2.75) is 51.5 Å². The highest BCUT2D eigenvalue weighted by Gasteiger charge is 2.49. The molecule has 0 bridgehead atoms. The maximum absolute atomic E-state index is 11.5. The van der Waals surface area contributed by atoms with Crippen molar-refractivity contribution >= 4 is 6.09 Å². The number of amides is 1. The largest absolute Gasteiger partial charge is 0.441 e. The first-order valence-electron chi connectivity index (χ1n) is 7.53. The van der Waals surface area contributed by atoms with Crippen LogP contribution in [0.2, 0.25) is 0 Å². The van der Waals surface area contributed by atoms with Gasteiger partial charge in [0, 0.05) is 6.54 Å². The molecule has 1 amide bonds. The van der Waals surface area contributed by atoms with Crippen LogP contribution in [0.1, 0.15) is 27.2 Å². The lowest BCUT2D eigenvalue weighted by atomic mass is 10.1. The minimum Gasteiger partial charge on any atom is -0.441 e. The van der Waals surface area contributed by atoms with E-state index >= 15 is 0 Å². The van der Waals surface area contributed by atoms with Crippen molar-refractivity contribution in [3.63, 3.8) is 0 Å². The summed E-state index contributed by atoms with van der Waals surface area (Å²) >= 11 is 0. The summed E-state index contributed by atoms with van der Waals surface area (Å²) in [5.41, 5.74) is 0. The van der Waals surface area contributed by atoms with Gasteiger partial charge in [-0.3, -0.25) is 0 Å². The van der Waals surface area contributed by atoms with Crippen LogP contribution in [0, 0.1) is 5.92 Å². The number of hydrogen-bond donors (Lipinski definition) is 2. The molecule has 2 rings (SSSR count). The predicted molar refractivity (Wildman–Crippen MR) is 74.7 cm³/mol. The lowest BCUT2D eigenvalue weighted by molar-refractivity contribution is 0.00401. The Balaban J connectivity index is 1.77. The Morgan fingerprint density at radius 1 is 1.30 bits per heavy atom. The number of carbonyl (C=O) groups excluding carboxylic acids is 1. The highest BCUT2D eigenvalue weighted by Crippen LogP contribution is 2.29. The van der Waals surface area contributed by atoms with Crippen LogP contribution in [-0.4, -0.2) is 56.8 Å². The van der Waals surface area contributed by atoms with E-state index in [0.717, 1.165) is 13.0 Å². The molecule has 2 saturated heterocycles. The van der Waals surface area contributed by atoms with E-state index < -0.39 is 6.09 Å². The van der Waals surface area contributed by atoms with Crippen molar-refractivity contribution in [1.82, 2.24) is 10.6 Å². The maximum Gasteiger partial charge on any atom is 0.407 e. The number of ether oxygens (including phenoxy) is 3. The molecule has 2 N–H and O–H groups in total. The van der Waals surface area contributed by atoms with E-state index in [1.807, 2.05) is 6.92 Å². The van der Waals surface area contributed by atoms with Gasteiger partial charge in [-0.15, -0.1) is 0 Å². The molecule has 4 atom stereocenters. The number of nitrogens with one attached hydrogen (secondary N) is 2. The average Bonchev–Trinajstić information content (AvgIpc) is 2.94. The summed E-state index contributed by atoms with van der Waals surface area (Å²) in [4.78, 5) is 11.5. The van der Waals surface area contributed by atoms with Crippen LogP contribution >= 0.6 is 0 Å². The van der Waals surface area contributed by atoms with Crippen LogP contribution in [0.3, 0.4) is 0 Å². The van der Waals surface area contributed by atoms with Gasteiger partial charge in [0.15, 0.2) is 6.10 Å². The summed E-state index contributed by atoms with van der Waals surface area (Å²) in [6, 6.07) is 0.196. The van der Waals surface area contributed by atoms with E-state index in [1.54, 1.807) is 0 Å². The zero-order valence-corrected chi connectivity index (χ0v) is 12.6. The second kappa shape index (κ2) is 7.24. The first-order valence-corrected chi connectivity index (χ1v) is 7.53. The van der Waals surface area contributed by atoms with Gasteiger partial charge in [-0.05, 0) is 25.8 Å². The zero-order valence-electron chi connectivity index (χ0n) is 12.6. The maximum atomic E-state index is 11.5. The van der Waals surface area contributed by atoms with Crippen LogP contribution in [0.25, 0.3) is 0 Å². The molecule has 0 unspecified atom stereocenters. The second-order valence-corrected chi connectivity index (χ2v) is 5.81. The second-order valence-electron chi connectivity index (χ2n) is 5.81. The van der Waals surface area contributed by atoms with Crippen molar-refractivity contribution in [2.75, 3.05) is 26.3 Å². The average molecular weight is 286 g/mol. The van der Waals surface area contributed by atoms with Crippen molar-refractivity contribution < 1.29 is 19.0 Å². The van der Waals surface area contributed by atoms with Crippen molar-refractivity contribution in [2.24, 2.45) is 5.92 Å². The SMILES string of the molecule is CCNC(=O)O[C@@H]1CO[C@H]2[C@@H]1OC[C@@H]2NCCC(C)C. The highest BCUT2D eigenvalue weighted by atomic mass is 16.6. The van der Waals surface area contributed by atoms with E-state index in [2.05, 4.69) is 24.5 Å². The van der Waals surface area contributed by atoms with E-state index in [1.165, 1.54) is 0 Å². The molecule has 116 valence electrons. The number of hydrogen-bond acceptors (Lipinski definition) is 5. The van der Waals surface area contributed by atoms with Crippen molar-refractivity contribution in [3.05, 3.63) is 0 Å². The fourth-order valence-corrected chi connectivity index (χ4v) is 2.62. The van der Waals surface area contributed by atoms with E-state index in [9.17, 15) is 4.79 Å². The van der Waals surface area contributed by atoms with Gasteiger partial charge < -0.3 is 24.8 Å². The van der Waals surface area contributed by atoms with E-state index in [0.29, 0.717) is 25.7 Å². The summed E-state index contributed by atoms with van der Waals surface area (Å²) in [5.74, 6) is 0.680. The molecular formula is C14H26N2O4. The lowest BCUT2D eigenvalue weighted by Gasteiger charge is -2.18. The Hall–Kier alpha value is -0.850. The molecule has 6 heteroatoms. The van der Waals surface area contributed by atoms with Crippen LogP contribution in [-0.2, 0) is 14.2 Å². The van der Waals surface area contributed by atoms with Crippen LogP contribution < -0.4 is 10.6 Å². The molecule has 0 aliphatic carbocycles. The Labute approximate surface area is 120 Å². The summed E-state index contributed by atoms with van der Waals surface area (Å²) in [5, 5.41) is 6.10. The third-order valence-electron chi connectivity index (χ3n) is 3.72. The Kier molecular flexibility index (Phi) is 5.63. The number of fused-ring (bicyclic) bond motifs is 1. The monoisotopic (exact) mass is 286 g/mol. The zero-order chi connectivity index (χ0) is 14.5. The van der Waals surface area contributed by atoms with Gasteiger partial charge in [0.05, 0.1) is 19.3 Å².